The van der Waals surface area contributed by atoms with Gasteiger partial charge in [-0.1, -0.05) is 54.6 Å². The minimum atomic E-state index is 0.220. The molecule has 1 fully saturated rings. The molecule has 1 aromatic heterocycles. The molecule has 2 aromatic carbocycles. The van der Waals surface area contributed by atoms with E-state index in [-0.39, 0.29) is 5.91 Å². The van der Waals surface area contributed by atoms with Crippen LogP contribution in [0.1, 0.15) is 16.3 Å². The topological polar surface area (TPSA) is 36.4 Å². The minimum absolute atomic E-state index is 0.220. The first-order valence-corrected chi connectivity index (χ1v) is 10.6. The lowest BCUT2D eigenvalue weighted by Gasteiger charge is -2.34. The van der Waals surface area contributed by atoms with E-state index >= 15 is 0 Å². The molecular formula is C23H25N3OS. The number of carbonyl (C=O) groups is 1. The van der Waals surface area contributed by atoms with Crippen molar-refractivity contribution in [2.45, 2.75) is 19.9 Å². The second-order valence-electron chi connectivity index (χ2n) is 7.28. The van der Waals surface area contributed by atoms with E-state index in [1.54, 1.807) is 11.3 Å². The van der Waals surface area contributed by atoms with Crippen LogP contribution in [0.4, 0.5) is 0 Å². The lowest BCUT2D eigenvalue weighted by molar-refractivity contribution is -0.132. The number of benzene rings is 2. The number of aromatic nitrogens is 1. The van der Waals surface area contributed by atoms with Crippen LogP contribution in [0.2, 0.25) is 0 Å². The number of nitrogens with zero attached hydrogens (tertiary/aromatic N) is 3. The molecule has 28 heavy (non-hydrogen) atoms. The number of amides is 1. The van der Waals surface area contributed by atoms with Crippen molar-refractivity contribution in [3.63, 3.8) is 0 Å². The van der Waals surface area contributed by atoms with Gasteiger partial charge in [0.2, 0.25) is 5.91 Å². The number of carbonyl (C=O) groups excluding carboxylic acids is 1. The smallest absolute Gasteiger partial charge is 0.227 e. The zero-order valence-corrected chi connectivity index (χ0v) is 17.0. The Labute approximate surface area is 170 Å². The summed E-state index contributed by atoms with van der Waals surface area (Å²) in [6.07, 6.45) is 0.473. The Morgan fingerprint density at radius 1 is 0.964 bits per heavy atom. The van der Waals surface area contributed by atoms with Crippen LogP contribution in [0.3, 0.4) is 0 Å². The van der Waals surface area contributed by atoms with Crippen LogP contribution in [0.25, 0.3) is 11.1 Å². The maximum atomic E-state index is 12.7. The lowest BCUT2D eigenvalue weighted by Crippen LogP contribution is -2.48. The van der Waals surface area contributed by atoms with Crippen molar-refractivity contribution in [2.75, 3.05) is 26.2 Å². The molecular weight excluding hydrogens is 366 g/mol. The summed E-state index contributed by atoms with van der Waals surface area (Å²) < 4.78 is 0. The Morgan fingerprint density at radius 2 is 1.64 bits per heavy atom. The largest absolute Gasteiger partial charge is 0.340 e. The van der Waals surface area contributed by atoms with Gasteiger partial charge in [-0.05, 0) is 23.6 Å². The molecule has 0 bridgehead atoms. The van der Waals surface area contributed by atoms with E-state index in [2.05, 4.69) is 51.7 Å². The Kier molecular flexibility index (Phi) is 5.84. The average molecular weight is 392 g/mol. The van der Waals surface area contributed by atoms with Gasteiger partial charge < -0.3 is 4.90 Å². The number of hydrogen-bond acceptors (Lipinski definition) is 4. The van der Waals surface area contributed by atoms with Gasteiger partial charge in [-0.15, -0.1) is 11.3 Å². The summed E-state index contributed by atoms with van der Waals surface area (Å²) in [6.45, 7) is 6.34. The molecule has 1 saturated heterocycles. The zero-order valence-electron chi connectivity index (χ0n) is 16.2. The van der Waals surface area contributed by atoms with Gasteiger partial charge in [0.1, 0.15) is 5.01 Å². The van der Waals surface area contributed by atoms with Crippen molar-refractivity contribution in [3.05, 3.63) is 76.2 Å². The molecule has 0 atom stereocenters. The Bertz CT molecular complexity index is 913. The molecule has 0 radical (unpaired) electrons. The van der Waals surface area contributed by atoms with Crippen molar-refractivity contribution in [3.8, 4) is 11.1 Å². The van der Waals surface area contributed by atoms with Crippen LogP contribution in [0, 0.1) is 6.92 Å². The molecule has 0 aliphatic carbocycles. The van der Waals surface area contributed by atoms with Gasteiger partial charge in [-0.3, -0.25) is 9.69 Å². The number of piperazine rings is 1. The van der Waals surface area contributed by atoms with Crippen molar-refractivity contribution >= 4 is 17.2 Å². The van der Waals surface area contributed by atoms with E-state index in [4.69, 9.17) is 0 Å². The third-order valence-electron chi connectivity index (χ3n) is 5.17. The van der Waals surface area contributed by atoms with Gasteiger partial charge in [0, 0.05) is 37.3 Å². The first-order valence-electron chi connectivity index (χ1n) is 9.73. The number of aryl methyl sites for hydroxylation is 1. The summed E-state index contributed by atoms with van der Waals surface area (Å²) in [5.74, 6) is 0.220. The third kappa shape index (κ3) is 4.66. The fourth-order valence-corrected chi connectivity index (χ4v) is 4.37. The van der Waals surface area contributed by atoms with E-state index in [0.29, 0.717) is 6.42 Å². The summed E-state index contributed by atoms with van der Waals surface area (Å²) in [5, 5.41) is 3.26. The Balaban J connectivity index is 1.28. The number of rotatable bonds is 5. The Morgan fingerprint density at radius 3 is 2.29 bits per heavy atom. The van der Waals surface area contributed by atoms with Crippen molar-refractivity contribution in [1.29, 1.82) is 0 Å². The SMILES string of the molecule is Cc1csc(CN2CCN(C(=O)Cc3ccc(-c4ccccc4)cc3)CC2)n1. The van der Waals surface area contributed by atoms with E-state index in [1.165, 1.54) is 11.1 Å². The molecule has 0 unspecified atom stereocenters. The van der Waals surface area contributed by atoms with Crippen LogP contribution in [0.15, 0.2) is 60.0 Å². The van der Waals surface area contributed by atoms with E-state index in [9.17, 15) is 4.79 Å². The predicted molar refractivity (Wildman–Crippen MR) is 114 cm³/mol. The lowest BCUT2D eigenvalue weighted by atomic mass is 10.0. The van der Waals surface area contributed by atoms with Crippen molar-refractivity contribution in [1.82, 2.24) is 14.8 Å². The van der Waals surface area contributed by atoms with Gasteiger partial charge in [-0.25, -0.2) is 4.98 Å². The quantitative estimate of drug-likeness (QED) is 0.659. The molecule has 4 rings (SSSR count). The fraction of sp³-hybridized carbons (Fsp3) is 0.304. The van der Waals surface area contributed by atoms with Crippen LogP contribution in [-0.2, 0) is 17.8 Å². The molecule has 5 heteroatoms. The van der Waals surface area contributed by atoms with Crippen LogP contribution in [0.5, 0.6) is 0 Å². The molecule has 1 aliphatic rings. The van der Waals surface area contributed by atoms with Crippen LogP contribution < -0.4 is 0 Å². The second-order valence-corrected chi connectivity index (χ2v) is 8.22. The van der Waals surface area contributed by atoms with Gasteiger partial charge in [0.25, 0.3) is 0 Å². The molecule has 2 heterocycles. The number of hydrogen-bond donors (Lipinski definition) is 0. The van der Waals surface area contributed by atoms with E-state index < -0.39 is 0 Å². The summed E-state index contributed by atoms with van der Waals surface area (Å²) in [6, 6.07) is 18.7. The highest BCUT2D eigenvalue weighted by Crippen LogP contribution is 2.20. The molecule has 0 N–H and O–H groups in total. The first kappa shape index (κ1) is 18.8. The standard InChI is InChI=1S/C23H25N3OS/c1-18-17-28-22(24-18)16-25-11-13-26(14-12-25)23(27)15-19-7-9-21(10-8-19)20-5-3-2-4-6-20/h2-10,17H,11-16H2,1H3. The van der Waals surface area contributed by atoms with Gasteiger partial charge in [-0.2, -0.15) is 0 Å². The van der Waals surface area contributed by atoms with Gasteiger partial charge in [0.15, 0.2) is 0 Å². The third-order valence-corrected chi connectivity index (χ3v) is 6.12. The second kappa shape index (κ2) is 8.67. The van der Waals surface area contributed by atoms with Gasteiger partial charge >= 0.3 is 0 Å². The monoisotopic (exact) mass is 391 g/mol. The molecule has 1 aliphatic heterocycles. The molecule has 1 amide bonds. The highest BCUT2D eigenvalue weighted by molar-refractivity contribution is 7.09. The highest BCUT2D eigenvalue weighted by Gasteiger charge is 2.21. The molecule has 0 saturated carbocycles. The zero-order chi connectivity index (χ0) is 19.3. The molecule has 3 aromatic rings. The first-order chi connectivity index (χ1) is 13.7. The molecule has 144 valence electrons. The van der Waals surface area contributed by atoms with Crippen LogP contribution in [-0.4, -0.2) is 46.9 Å². The fourth-order valence-electron chi connectivity index (χ4n) is 3.55. The highest BCUT2D eigenvalue weighted by atomic mass is 32.1. The van der Waals surface area contributed by atoms with Crippen molar-refractivity contribution in [2.24, 2.45) is 0 Å². The predicted octanol–water partition coefficient (Wildman–Crippen LogP) is 4.01. The summed E-state index contributed by atoms with van der Waals surface area (Å²) >= 11 is 1.72. The summed E-state index contributed by atoms with van der Waals surface area (Å²) in [5.41, 5.74) is 4.55. The van der Waals surface area contributed by atoms with Gasteiger partial charge in [0.05, 0.1) is 13.0 Å². The number of thiazole rings is 1. The maximum Gasteiger partial charge on any atom is 0.227 e. The summed E-state index contributed by atoms with van der Waals surface area (Å²) in [4.78, 5) is 21.6. The molecule has 0 spiro atoms. The minimum Gasteiger partial charge on any atom is -0.340 e. The van der Waals surface area contributed by atoms with E-state index in [0.717, 1.165) is 49.0 Å². The van der Waals surface area contributed by atoms with E-state index in [1.807, 2.05) is 30.0 Å². The Hall–Kier alpha value is -2.50. The summed E-state index contributed by atoms with van der Waals surface area (Å²) in [7, 11) is 0. The molecule has 4 nitrogen and oxygen atoms in total. The normalized spacial score (nSPS) is 15.0. The average Bonchev–Trinajstić information content (AvgIpc) is 3.14. The maximum absolute atomic E-state index is 12.7. The van der Waals surface area contributed by atoms with Crippen LogP contribution >= 0.6 is 11.3 Å². The van der Waals surface area contributed by atoms with Crippen molar-refractivity contribution < 1.29 is 4.79 Å².